The summed E-state index contributed by atoms with van der Waals surface area (Å²) in [6.45, 7) is 8.21. The highest BCUT2D eigenvalue weighted by atomic mass is 16.5. The summed E-state index contributed by atoms with van der Waals surface area (Å²) in [6.07, 6.45) is 0.947. The van der Waals surface area contributed by atoms with Gasteiger partial charge in [0.2, 0.25) is 0 Å². The van der Waals surface area contributed by atoms with Gasteiger partial charge in [-0.1, -0.05) is 12.1 Å². The van der Waals surface area contributed by atoms with E-state index in [2.05, 4.69) is 40.6 Å². The van der Waals surface area contributed by atoms with Crippen molar-refractivity contribution in [1.29, 1.82) is 0 Å². The van der Waals surface area contributed by atoms with E-state index < -0.39 is 0 Å². The number of rotatable bonds is 14. The number of aliphatic imine (C=N–C) groups is 1. The van der Waals surface area contributed by atoms with Crippen molar-refractivity contribution in [3.8, 4) is 5.75 Å². The van der Waals surface area contributed by atoms with Gasteiger partial charge in [-0.2, -0.15) is 0 Å². The highest BCUT2D eigenvalue weighted by Crippen LogP contribution is 2.14. The molecule has 0 saturated carbocycles. The van der Waals surface area contributed by atoms with Gasteiger partial charge in [-0.25, -0.2) is 4.99 Å². The lowest BCUT2D eigenvalue weighted by molar-refractivity contribution is 0.150. The Hall–Kier alpha value is -1.83. The number of guanidine groups is 1. The van der Waals surface area contributed by atoms with Gasteiger partial charge in [-0.05, 0) is 38.1 Å². The molecule has 0 spiro atoms. The average Bonchev–Trinajstić information content (AvgIpc) is 2.68. The standard InChI is InChI=1S/C20H36N4O3/c1-5-21-20(22-10-7-13-25-3)23-17-18-8-6-9-19(16-18)27-15-12-24(2)11-14-26-4/h6,8-9,16H,5,7,10-15,17H2,1-4H3,(H2,21,22,23). The van der Waals surface area contributed by atoms with Crippen LogP contribution in [0.5, 0.6) is 5.75 Å². The first-order valence-corrected chi connectivity index (χ1v) is 9.60. The summed E-state index contributed by atoms with van der Waals surface area (Å²) in [6, 6.07) is 8.10. The molecule has 7 heteroatoms. The molecule has 0 aliphatic heterocycles. The van der Waals surface area contributed by atoms with Crippen molar-refractivity contribution >= 4 is 5.96 Å². The third-order valence-corrected chi connectivity index (χ3v) is 3.90. The van der Waals surface area contributed by atoms with Gasteiger partial charge in [0.25, 0.3) is 0 Å². The first-order chi connectivity index (χ1) is 13.2. The highest BCUT2D eigenvalue weighted by molar-refractivity contribution is 5.79. The maximum absolute atomic E-state index is 5.87. The van der Waals surface area contributed by atoms with E-state index >= 15 is 0 Å². The van der Waals surface area contributed by atoms with Gasteiger partial charge in [0.05, 0.1) is 13.2 Å². The predicted octanol–water partition coefficient (Wildman–Crippen LogP) is 1.74. The number of hydrogen-bond acceptors (Lipinski definition) is 5. The molecule has 2 N–H and O–H groups in total. The summed E-state index contributed by atoms with van der Waals surface area (Å²) in [7, 11) is 5.50. The summed E-state index contributed by atoms with van der Waals surface area (Å²) in [4.78, 5) is 6.83. The SMILES string of the molecule is CCNC(=NCc1cccc(OCCN(C)CCOC)c1)NCCCOC. The normalized spacial score (nSPS) is 11.7. The zero-order valence-electron chi connectivity index (χ0n) is 17.3. The Bertz CT molecular complexity index is 526. The molecule has 1 rings (SSSR count). The molecule has 0 amide bonds. The minimum Gasteiger partial charge on any atom is -0.492 e. The van der Waals surface area contributed by atoms with Crippen LogP contribution in [-0.4, -0.2) is 78.1 Å². The molecule has 0 saturated heterocycles. The van der Waals surface area contributed by atoms with Crippen LogP contribution >= 0.6 is 0 Å². The Kier molecular flexibility index (Phi) is 13.1. The lowest BCUT2D eigenvalue weighted by Crippen LogP contribution is -2.38. The summed E-state index contributed by atoms with van der Waals surface area (Å²) >= 11 is 0. The van der Waals surface area contributed by atoms with Crippen molar-refractivity contribution in [1.82, 2.24) is 15.5 Å². The van der Waals surface area contributed by atoms with Crippen molar-refractivity contribution in [2.75, 3.05) is 67.3 Å². The van der Waals surface area contributed by atoms with Gasteiger partial charge in [-0.15, -0.1) is 0 Å². The molecule has 0 bridgehead atoms. The third kappa shape index (κ3) is 11.5. The molecule has 1 aromatic rings. The van der Waals surface area contributed by atoms with Crippen LogP contribution in [0.25, 0.3) is 0 Å². The highest BCUT2D eigenvalue weighted by Gasteiger charge is 2.01. The van der Waals surface area contributed by atoms with Crippen LogP contribution in [0.2, 0.25) is 0 Å². The van der Waals surface area contributed by atoms with Gasteiger partial charge in [0.1, 0.15) is 12.4 Å². The zero-order valence-corrected chi connectivity index (χ0v) is 17.3. The Morgan fingerprint density at radius 1 is 1.07 bits per heavy atom. The van der Waals surface area contributed by atoms with E-state index in [0.717, 1.165) is 63.1 Å². The molecular weight excluding hydrogens is 344 g/mol. The Balaban J connectivity index is 2.46. The van der Waals surface area contributed by atoms with Crippen LogP contribution in [0.15, 0.2) is 29.3 Å². The van der Waals surface area contributed by atoms with Crippen LogP contribution in [-0.2, 0) is 16.0 Å². The monoisotopic (exact) mass is 380 g/mol. The second-order valence-electron chi connectivity index (χ2n) is 6.26. The number of likely N-dealkylation sites (N-methyl/N-ethyl adjacent to an activating group) is 1. The van der Waals surface area contributed by atoms with E-state index in [9.17, 15) is 0 Å². The number of hydrogen-bond donors (Lipinski definition) is 2. The van der Waals surface area contributed by atoms with Gasteiger partial charge in [0.15, 0.2) is 5.96 Å². The molecule has 0 fully saturated rings. The molecular formula is C20H36N4O3. The van der Waals surface area contributed by atoms with Crippen LogP contribution in [0.3, 0.4) is 0 Å². The lowest BCUT2D eigenvalue weighted by atomic mass is 10.2. The number of benzene rings is 1. The molecule has 0 aromatic heterocycles. The molecule has 0 radical (unpaired) electrons. The first kappa shape index (κ1) is 23.2. The van der Waals surface area contributed by atoms with Crippen molar-refractivity contribution in [2.45, 2.75) is 19.9 Å². The van der Waals surface area contributed by atoms with Gasteiger partial charge < -0.3 is 29.7 Å². The van der Waals surface area contributed by atoms with Crippen LogP contribution < -0.4 is 15.4 Å². The maximum atomic E-state index is 5.87. The summed E-state index contributed by atoms with van der Waals surface area (Å²) in [5.74, 6) is 1.69. The average molecular weight is 381 g/mol. The topological polar surface area (TPSA) is 67.4 Å². The molecule has 154 valence electrons. The van der Waals surface area contributed by atoms with E-state index in [1.54, 1.807) is 14.2 Å². The third-order valence-electron chi connectivity index (χ3n) is 3.90. The van der Waals surface area contributed by atoms with E-state index in [0.29, 0.717) is 13.2 Å². The quantitative estimate of drug-likeness (QED) is 0.291. The molecule has 1 aromatic carbocycles. The number of ether oxygens (including phenoxy) is 3. The molecule has 27 heavy (non-hydrogen) atoms. The van der Waals surface area contributed by atoms with Crippen molar-refractivity contribution < 1.29 is 14.2 Å². The van der Waals surface area contributed by atoms with Crippen molar-refractivity contribution in [3.05, 3.63) is 29.8 Å². The lowest BCUT2D eigenvalue weighted by Gasteiger charge is -2.16. The molecule has 0 atom stereocenters. The second-order valence-corrected chi connectivity index (χ2v) is 6.26. The minimum atomic E-state index is 0.602. The summed E-state index contributed by atoms with van der Waals surface area (Å²) in [5.41, 5.74) is 1.12. The number of methoxy groups -OCH3 is 2. The van der Waals surface area contributed by atoms with Gasteiger partial charge in [0, 0.05) is 47.0 Å². The smallest absolute Gasteiger partial charge is 0.191 e. The minimum absolute atomic E-state index is 0.602. The van der Waals surface area contributed by atoms with Crippen molar-refractivity contribution in [2.24, 2.45) is 4.99 Å². The van der Waals surface area contributed by atoms with Crippen LogP contribution in [0, 0.1) is 0 Å². The molecule has 0 unspecified atom stereocenters. The summed E-state index contributed by atoms with van der Waals surface area (Å²) < 4.78 is 16.0. The molecule has 0 aliphatic carbocycles. The van der Waals surface area contributed by atoms with Gasteiger partial charge in [-0.3, -0.25) is 0 Å². The Morgan fingerprint density at radius 2 is 1.85 bits per heavy atom. The molecule has 7 nitrogen and oxygen atoms in total. The first-order valence-electron chi connectivity index (χ1n) is 9.60. The van der Waals surface area contributed by atoms with E-state index in [4.69, 9.17) is 14.2 Å². The Morgan fingerprint density at radius 3 is 2.59 bits per heavy atom. The fraction of sp³-hybridized carbons (Fsp3) is 0.650. The van der Waals surface area contributed by atoms with E-state index in [1.165, 1.54) is 0 Å². The number of nitrogens with one attached hydrogen (secondary N) is 2. The van der Waals surface area contributed by atoms with E-state index in [1.807, 2.05) is 18.2 Å². The molecule has 0 aliphatic rings. The maximum Gasteiger partial charge on any atom is 0.191 e. The van der Waals surface area contributed by atoms with Crippen LogP contribution in [0.4, 0.5) is 0 Å². The fourth-order valence-electron chi connectivity index (χ4n) is 2.35. The predicted molar refractivity (Wildman–Crippen MR) is 111 cm³/mol. The second kappa shape index (κ2) is 15.2. The number of nitrogens with zero attached hydrogens (tertiary/aromatic N) is 2. The van der Waals surface area contributed by atoms with Gasteiger partial charge >= 0.3 is 0 Å². The van der Waals surface area contributed by atoms with Crippen molar-refractivity contribution in [3.63, 3.8) is 0 Å². The largest absolute Gasteiger partial charge is 0.492 e. The zero-order chi connectivity index (χ0) is 19.7. The summed E-state index contributed by atoms with van der Waals surface area (Å²) in [5, 5.41) is 6.57. The van der Waals surface area contributed by atoms with Crippen LogP contribution in [0.1, 0.15) is 18.9 Å². The fourth-order valence-corrected chi connectivity index (χ4v) is 2.35. The molecule has 0 heterocycles. The Labute approximate surface area is 164 Å². The van der Waals surface area contributed by atoms with E-state index in [-0.39, 0.29) is 0 Å².